The molecule has 1 aromatic heterocycles. The minimum atomic E-state index is -3.78. The molecule has 2 saturated heterocycles. The molecule has 230 valence electrons. The van der Waals surface area contributed by atoms with Crippen molar-refractivity contribution in [1.82, 2.24) is 19.1 Å². The molecular formula is C34H38N4O5S. The highest BCUT2D eigenvalue weighted by Gasteiger charge is 2.57. The second kappa shape index (κ2) is 9.94. The molecule has 0 spiro atoms. The number of amides is 2. The van der Waals surface area contributed by atoms with Crippen LogP contribution in [0.5, 0.6) is 5.75 Å². The Morgan fingerprint density at radius 2 is 1.75 bits per heavy atom. The number of nitrogens with one attached hydrogen (secondary N) is 1. The minimum Gasteiger partial charge on any atom is -0.497 e. The Morgan fingerprint density at radius 3 is 2.43 bits per heavy atom. The molecule has 4 fully saturated rings. The van der Waals surface area contributed by atoms with E-state index in [0.29, 0.717) is 43.0 Å². The summed E-state index contributed by atoms with van der Waals surface area (Å²) in [5.74, 6) is 0.625. The van der Waals surface area contributed by atoms with Crippen molar-refractivity contribution in [3.8, 4) is 17.0 Å². The summed E-state index contributed by atoms with van der Waals surface area (Å²) in [6.45, 7) is 2.09. The van der Waals surface area contributed by atoms with E-state index in [2.05, 4.69) is 32.2 Å². The fourth-order valence-corrected chi connectivity index (χ4v) is 9.49. The molecule has 2 amide bonds. The van der Waals surface area contributed by atoms with E-state index in [1.54, 1.807) is 19.2 Å². The average molecular weight is 615 g/mol. The smallest absolute Gasteiger partial charge is 0.264 e. The summed E-state index contributed by atoms with van der Waals surface area (Å²) >= 11 is 0. The predicted molar refractivity (Wildman–Crippen MR) is 169 cm³/mol. The molecule has 3 aromatic rings. The minimum absolute atomic E-state index is 0.0551. The van der Waals surface area contributed by atoms with Crippen LogP contribution < -0.4 is 9.46 Å². The Bertz CT molecular complexity index is 1840. The van der Waals surface area contributed by atoms with Crippen molar-refractivity contribution in [3.05, 3.63) is 59.2 Å². The highest BCUT2D eigenvalue weighted by molar-refractivity contribution is 7.91. The van der Waals surface area contributed by atoms with E-state index in [1.165, 1.54) is 0 Å². The van der Waals surface area contributed by atoms with Crippen molar-refractivity contribution in [2.75, 3.05) is 27.2 Å². The lowest BCUT2D eigenvalue weighted by atomic mass is 10.0. The van der Waals surface area contributed by atoms with Gasteiger partial charge in [-0.1, -0.05) is 18.9 Å². The molecule has 2 atom stereocenters. The van der Waals surface area contributed by atoms with E-state index in [4.69, 9.17) is 4.74 Å². The number of hydrogen-bond acceptors (Lipinski definition) is 6. The topological polar surface area (TPSA) is 101 Å². The van der Waals surface area contributed by atoms with Crippen LogP contribution in [0.2, 0.25) is 0 Å². The maximum atomic E-state index is 14.3. The lowest BCUT2D eigenvalue weighted by Crippen LogP contribution is -2.55. The highest BCUT2D eigenvalue weighted by atomic mass is 32.2. The van der Waals surface area contributed by atoms with Gasteiger partial charge in [0.2, 0.25) is 10.0 Å². The molecule has 2 bridgehead atoms. The molecule has 1 N–H and O–H groups in total. The van der Waals surface area contributed by atoms with E-state index in [-0.39, 0.29) is 23.6 Å². The second-order valence-corrected chi connectivity index (χ2v) is 15.7. The summed E-state index contributed by atoms with van der Waals surface area (Å²) in [5, 5.41) is 0.918. The van der Waals surface area contributed by atoms with Crippen LogP contribution in [-0.2, 0) is 21.4 Å². The molecule has 2 aromatic carbocycles. The molecule has 8 rings (SSSR count). The Labute approximate surface area is 257 Å². The van der Waals surface area contributed by atoms with Crippen LogP contribution in [0, 0.1) is 5.92 Å². The van der Waals surface area contributed by atoms with Crippen LogP contribution in [0.1, 0.15) is 60.9 Å². The van der Waals surface area contributed by atoms with Gasteiger partial charge in [-0.15, -0.1) is 0 Å². The maximum absolute atomic E-state index is 14.3. The molecule has 2 unspecified atom stereocenters. The largest absolute Gasteiger partial charge is 0.497 e. The Balaban J connectivity index is 1.17. The van der Waals surface area contributed by atoms with Gasteiger partial charge in [0.25, 0.3) is 11.8 Å². The summed E-state index contributed by atoms with van der Waals surface area (Å²) in [5.41, 5.74) is 4.57. The summed E-state index contributed by atoms with van der Waals surface area (Å²) in [6, 6.07) is 13.7. The monoisotopic (exact) mass is 614 g/mol. The number of carbonyl (C=O) groups is 2. The SMILES string of the molecule is COc1ccc2c(c1)C=C(C(=O)N1C3CCC1CN(C)C3)Cn1c-2cc2ccc(C(=O)NS(=O)(=O)C3(CC4CC4)CC3)cc21. The number of methoxy groups -OCH3 is 1. The number of sulfonamides is 1. The second-order valence-electron chi connectivity index (χ2n) is 13.6. The van der Waals surface area contributed by atoms with Crippen molar-refractivity contribution in [2.45, 2.75) is 68.3 Å². The van der Waals surface area contributed by atoms with Gasteiger partial charge in [-0.05, 0) is 93.1 Å². The van der Waals surface area contributed by atoms with Gasteiger partial charge in [-0.25, -0.2) is 13.1 Å². The Kier molecular flexibility index (Phi) is 6.30. The maximum Gasteiger partial charge on any atom is 0.264 e. The standard InChI is InChI=1S/C34H38N4O5S/c1-36-19-26-7-8-27(20-36)38(26)33(40)25-13-24-14-28(43-2)9-10-29(24)31-15-22-5-6-23(16-30(22)37(31)18-25)32(39)35-44(41,42)34(11-12-34)17-21-3-4-21/h5-6,9-10,13-16,21,26-27H,3-4,7-8,11-12,17-20H2,1-2H3,(H,35,39). The molecule has 10 heteroatoms. The van der Waals surface area contributed by atoms with Crippen LogP contribution in [0.4, 0.5) is 0 Å². The third-order valence-corrected chi connectivity index (χ3v) is 12.7. The summed E-state index contributed by atoms with van der Waals surface area (Å²) < 4.78 is 35.8. The first-order chi connectivity index (χ1) is 21.1. The highest BCUT2D eigenvalue weighted by Crippen LogP contribution is 2.52. The third kappa shape index (κ3) is 4.56. The van der Waals surface area contributed by atoms with E-state index < -0.39 is 20.7 Å². The van der Waals surface area contributed by atoms with E-state index >= 15 is 0 Å². The first-order valence-electron chi connectivity index (χ1n) is 15.7. The number of nitrogens with zero attached hydrogens (tertiary/aromatic N) is 3. The van der Waals surface area contributed by atoms with Crippen LogP contribution in [0.3, 0.4) is 0 Å². The van der Waals surface area contributed by atoms with Gasteiger partial charge < -0.3 is 19.1 Å². The normalized spacial score (nSPS) is 23.9. The molecule has 4 heterocycles. The van der Waals surface area contributed by atoms with Gasteiger partial charge in [-0.2, -0.15) is 0 Å². The molecule has 3 aliphatic heterocycles. The molecular weight excluding hydrogens is 576 g/mol. The Hall–Kier alpha value is -3.63. The Morgan fingerprint density at radius 1 is 1.00 bits per heavy atom. The van der Waals surface area contributed by atoms with Crippen molar-refractivity contribution in [3.63, 3.8) is 0 Å². The molecule has 9 nitrogen and oxygen atoms in total. The number of likely N-dealkylation sites (tertiary alicyclic amines) is 1. The van der Waals surface area contributed by atoms with Crippen molar-refractivity contribution in [1.29, 1.82) is 0 Å². The zero-order valence-corrected chi connectivity index (χ0v) is 26.0. The molecule has 0 radical (unpaired) electrons. The quantitative estimate of drug-likeness (QED) is 0.423. The van der Waals surface area contributed by atoms with E-state index in [9.17, 15) is 18.0 Å². The first-order valence-corrected chi connectivity index (χ1v) is 17.2. The van der Waals surface area contributed by atoms with Gasteiger partial charge in [0.15, 0.2) is 0 Å². The third-order valence-electron chi connectivity index (χ3n) is 10.5. The fraction of sp³-hybridized carbons (Fsp3) is 0.471. The van der Waals surface area contributed by atoms with Gasteiger partial charge >= 0.3 is 0 Å². The fourth-order valence-electron chi connectivity index (χ4n) is 7.81. The number of likely N-dealkylation sites (N-methyl/N-ethyl adjacent to an activating group) is 1. The van der Waals surface area contributed by atoms with Crippen LogP contribution in [0.15, 0.2) is 48.0 Å². The van der Waals surface area contributed by atoms with E-state index in [1.807, 2.05) is 30.3 Å². The number of piperazine rings is 1. The number of rotatable bonds is 7. The molecule has 5 aliphatic rings. The number of hydrogen-bond donors (Lipinski definition) is 1. The van der Waals surface area contributed by atoms with Gasteiger partial charge in [0, 0.05) is 52.8 Å². The summed E-state index contributed by atoms with van der Waals surface area (Å²) in [7, 11) is -0.0266. The van der Waals surface area contributed by atoms with Gasteiger partial charge in [0.1, 0.15) is 5.75 Å². The zero-order chi connectivity index (χ0) is 30.4. The van der Waals surface area contributed by atoms with Crippen molar-refractivity contribution < 1.29 is 22.7 Å². The number of aromatic nitrogens is 1. The van der Waals surface area contributed by atoms with E-state index in [0.717, 1.165) is 66.5 Å². The molecule has 2 aliphatic carbocycles. The van der Waals surface area contributed by atoms with Crippen LogP contribution in [-0.4, -0.2) is 78.7 Å². The average Bonchev–Trinajstić information content (AvgIpc) is 3.93. The van der Waals surface area contributed by atoms with Crippen LogP contribution in [0.25, 0.3) is 28.2 Å². The predicted octanol–water partition coefficient (Wildman–Crippen LogP) is 4.41. The van der Waals surface area contributed by atoms with Crippen molar-refractivity contribution in [2.24, 2.45) is 5.92 Å². The number of carbonyl (C=O) groups excluding carboxylic acids is 2. The summed E-state index contributed by atoms with van der Waals surface area (Å²) in [4.78, 5) is 32.1. The number of ether oxygens (including phenoxy) is 1. The first kappa shape index (κ1) is 27.9. The lowest BCUT2D eigenvalue weighted by Gasteiger charge is -2.40. The lowest BCUT2D eigenvalue weighted by molar-refractivity contribution is -0.132. The van der Waals surface area contributed by atoms with Gasteiger partial charge in [-0.3, -0.25) is 9.59 Å². The van der Waals surface area contributed by atoms with Crippen molar-refractivity contribution >= 4 is 38.8 Å². The molecule has 2 saturated carbocycles. The zero-order valence-electron chi connectivity index (χ0n) is 25.2. The van der Waals surface area contributed by atoms with Gasteiger partial charge in [0.05, 0.1) is 24.1 Å². The number of fused-ring (bicyclic) bond motifs is 7. The number of benzene rings is 2. The summed E-state index contributed by atoms with van der Waals surface area (Å²) in [6.07, 6.45) is 8.04. The molecule has 44 heavy (non-hydrogen) atoms. The van der Waals surface area contributed by atoms with Crippen LogP contribution >= 0.6 is 0 Å².